The summed E-state index contributed by atoms with van der Waals surface area (Å²) in [6.07, 6.45) is 7.00. The molecule has 12 heavy (non-hydrogen) atoms. The Morgan fingerprint density at radius 3 is 2.58 bits per heavy atom. The van der Waals surface area contributed by atoms with Gasteiger partial charge in [-0.1, -0.05) is 6.42 Å². The molecule has 2 nitrogen and oxygen atoms in total. The Bertz CT molecular complexity index is 160. The molecule has 2 saturated carbocycles. The maximum Gasteiger partial charge on any atom is 0.0582 e. The van der Waals surface area contributed by atoms with Gasteiger partial charge in [0.15, 0.2) is 0 Å². The van der Waals surface area contributed by atoms with Crippen LogP contribution in [-0.2, 0) is 0 Å². The van der Waals surface area contributed by atoms with Crippen LogP contribution in [0.25, 0.3) is 0 Å². The van der Waals surface area contributed by atoms with E-state index in [2.05, 4.69) is 12.2 Å². The van der Waals surface area contributed by atoms with Crippen molar-refractivity contribution in [1.29, 1.82) is 0 Å². The lowest BCUT2D eigenvalue weighted by Crippen LogP contribution is -2.59. The maximum absolute atomic E-state index is 8.90. The van der Waals surface area contributed by atoms with Gasteiger partial charge in [-0.15, -0.1) is 0 Å². The smallest absolute Gasteiger partial charge is 0.0582 e. The highest BCUT2D eigenvalue weighted by Gasteiger charge is 2.50. The molecule has 2 aliphatic rings. The molecule has 2 heteroatoms. The van der Waals surface area contributed by atoms with Gasteiger partial charge in [0.25, 0.3) is 0 Å². The minimum absolute atomic E-state index is 0.270. The highest BCUT2D eigenvalue weighted by molar-refractivity contribution is 5.05. The van der Waals surface area contributed by atoms with E-state index in [-0.39, 0.29) is 12.6 Å². The highest BCUT2D eigenvalue weighted by atomic mass is 16.3. The van der Waals surface area contributed by atoms with Crippen LogP contribution in [0.4, 0.5) is 0 Å². The van der Waals surface area contributed by atoms with Gasteiger partial charge in [-0.2, -0.15) is 0 Å². The van der Waals surface area contributed by atoms with Gasteiger partial charge < -0.3 is 10.4 Å². The molecule has 2 N–H and O–H groups in total. The third kappa shape index (κ3) is 1.17. The quantitative estimate of drug-likeness (QED) is 0.667. The number of aliphatic hydroxyl groups is 1. The second-order valence-electron chi connectivity index (χ2n) is 4.56. The van der Waals surface area contributed by atoms with Gasteiger partial charge in [0.05, 0.1) is 6.61 Å². The Morgan fingerprint density at radius 2 is 2.25 bits per heavy atom. The molecule has 0 bridgehead atoms. The molecule has 0 aromatic heterocycles. The standard InChI is InChI=1S/C10H19NO/c1-8(7-12)11-9-3-6-10(9)4-2-5-10/h8-9,11-12H,2-7H2,1H3/t8-,9?/m0/s1. The van der Waals surface area contributed by atoms with E-state index in [9.17, 15) is 0 Å². The van der Waals surface area contributed by atoms with Crippen LogP contribution in [-0.4, -0.2) is 23.8 Å². The lowest BCUT2D eigenvalue weighted by molar-refractivity contribution is -0.0246. The van der Waals surface area contributed by atoms with Crippen molar-refractivity contribution in [2.24, 2.45) is 5.41 Å². The maximum atomic E-state index is 8.90. The van der Waals surface area contributed by atoms with Crippen LogP contribution < -0.4 is 5.32 Å². The Morgan fingerprint density at radius 1 is 1.50 bits per heavy atom. The van der Waals surface area contributed by atoms with Crippen molar-refractivity contribution >= 4 is 0 Å². The average Bonchev–Trinajstić information content (AvgIpc) is 1.94. The normalized spacial score (nSPS) is 34.0. The van der Waals surface area contributed by atoms with Gasteiger partial charge in [0.1, 0.15) is 0 Å². The lowest BCUT2D eigenvalue weighted by Gasteiger charge is -2.57. The first-order valence-corrected chi connectivity index (χ1v) is 5.14. The molecule has 0 saturated heterocycles. The minimum Gasteiger partial charge on any atom is -0.395 e. The Balaban J connectivity index is 1.81. The van der Waals surface area contributed by atoms with Crippen molar-refractivity contribution in [1.82, 2.24) is 5.32 Å². The fourth-order valence-electron chi connectivity index (χ4n) is 2.58. The molecule has 0 aromatic rings. The van der Waals surface area contributed by atoms with Crippen molar-refractivity contribution in [3.05, 3.63) is 0 Å². The van der Waals surface area contributed by atoms with E-state index in [0.717, 1.165) is 0 Å². The van der Waals surface area contributed by atoms with Gasteiger partial charge in [0, 0.05) is 12.1 Å². The first-order chi connectivity index (χ1) is 5.77. The van der Waals surface area contributed by atoms with Crippen LogP contribution in [0, 0.1) is 5.41 Å². The summed E-state index contributed by atoms with van der Waals surface area (Å²) in [6, 6.07) is 1.00. The van der Waals surface area contributed by atoms with Crippen LogP contribution in [0.3, 0.4) is 0 Å². The van der Waals surface area contributed by atoms with Gasteiger partial charge >= 0.3 is 0 Å². The fraction of sp³-hybridized carbons (Fsp3) is 1.00. The molecule has 0 heterocycles. The van der Waals surface area contributed by atoms with Crippen molar-refractivity contribution in [2.75, 3.05) is 6.61 Å². The van der Waals surface area contributed by atoms with Crippen molar-refractivity contribution in [3.8, 4) is 0 Å². The minimum atomic E-state index is 0.270. The first-order valence-electron chi connectivity index (χ1n) is 5.14. The molecule has 70 valence electrons. The molecule has 1 unspecified atom stereocenters. The predicted molar refractivity (Wildman–Crippen MR) is 49.0 cm³/mol. The Hall–Kier alpha value is -0.0800. The van der Waals surface area contributed by atoms with E-state index in [1.807, 2.05) is 0 Å². The number of aliphatic hydroxyl groups excluding tert-OH is 1. The summed E-state index contributed by atoms with van der Waals surface area (Å²) in [6.45, 7) is 2.33. The van der Waals surface area contributed by atoms with Gasteiger partial charge in [-0.3, -0.25) is 0 Å². The largest absolute Gasteiger partial charge is 0.395 e. The van der Waals surface area contributed by atoms with Crippen LogP contribution in [0.5, 0.6) is 0 Å². The molecule has 2 aliphatic carbocycles. The zero-order valence-electron chi connectivity index (χ0n) is 7.84. The number of rotatable bonds is 3. The summed E-state index contributed by atoms with van der Waals surface area (Å²) in [4.78, 5) is 0. The Labute approximate surface area is 74.4 Å². The molecule has 0 aromatic carbocycles. The number of nitrogens with one attached hydrogen (secondary N) is 1. The van der Waals surface area contributed by atoms with Gasteiger partial charge in [0.2, 0.25) is 0 Å². The summed E-state index contributed by atoms with van der Waals surface area (Å²) in [5.41, 5.74) is 0.670. The van der Waals surface area contributed by atoms with E-state index < -0.39 is 0 Å². The zero-order chi connectivity index (χ0) is 8.60. The molecular weight excluding hydrogens is 150 g/mol. The molecule has 1 spiro atoms. The summed E-state index contributed by atoms with van der Waals surface area (Å²) in [7, 11) is 0. The summed E-state index contributed by atoms with van der Waals surface area (Å²) < 4.78 is 0. The second kappa shape index (κ2) is 3.00. The van der Waals surface area contributed by atoms with Crippen LogP contribution in [0.15, 0.2) is 0 Å². The van der Waals surface area contributed by atoms with E-state index in [0.29, 0.717) is 11.5 Å². The molecule has 0 radical (unpaired) electrons. The molecule has 2 atom stereocenters. The van der Waals surface area contributed by atoms with E-state index >= 15 is 0 Å². The van der Waals surface area contributed by atoms with E-state index in [1.165, 1.54) is 32.1 Å². The summed E-state index contributed by atoms with van der Waals surface area (Å²) in [5, 5.41) is 12.4. The predicted octanol–water partition coefficient (Wildman–Crippen LogP) is 1.29. The summed E-state index contributed by atoms with van der Waals surface area (Å²) >= 11 is 0. The van der Waals surface area contributed by atoms with Crippen molar-refractivity contribution < 1.29 is 5.11 Å². The second-order valence-corrected chi connectivity index (χ2v) is 4.56. The third-order valence-corrected chi connectivity index (χ3v) is 3.78. The molecule has 0 amide bonds. The van der Waals surface area contributed by atoms with Crippen molar-refractivity contribution in [3.63, 3.8) is 0 Å². The highest BCUT2D eigenvalue weighted by Crippen LogP contribution is 2.55. The average molecular weight is 169 g/mol. The topological polar surface area (TPSA) is 32.3 Å². The van der Waals surface area contributed by atoms with Crippen LogP contribution >= 0.6 is 0 Å². The molecule has 2 fully saturated rings. The van der Waals surface area contributed by atoms with Gasteiger partial charge in [-0.05, 0) is 38.0 Å². The van der Waals surface area contributed by atoms with E-state index in [4.69, 9.17) is 5.11 Å². The zero-order valence-corrected chi connectivity index (χ0v) is 7.84. The first kappa shape index (κ1) is 8.52. The van der Waals surface area contributed by atoms with Gasteiger partial charge in [-0.25, -0.2) is 0 Å². The SMILES string of the molecule is C[C@@H](CO)NC1CCC12CCC2. The number of hydrogen-bond donors (Lipinski definition) is 2. The van der Waals surface area contributed by atoms with Crippen molar-refractivity contribution in [2.45, 2.75) is 51.1 Å². The lowest BCUT2D eigenvalue weighted by atomic mass is 9.53. The number of hydrogen-bond acceptors (Lipinski definition) is 2. The third-order valence-electron chi connectivity index (χ3n) is 3.78. The molecular formula is C10H19NO. The Kier molecular flexibility index (Phi) is 2.13. The van der Waals surface area contributed by atoms with E-state index in [1.54, 1.807) is 0 Å². The van der Waals surface area contributed by atoms with Crippen LogP contribution in [0.2, 0.25) is 0 Å². The fourth-order valence-corrected chi connectivity index (χ4v) is 2.58. The summed E-state index contributed by atoms with van der Waals surface area (Å²) in [5.74, 6) is 0. The molecule has 2 rings (SSSR count). The monoisotopic (exact) mass is 169 g/mol. The molecule has 0 aliphatic heterocycles. The van der Waals surface area contributed by atoms with Crippen LogP contribution in [0.1, 0.15) is 39.0 Å².